The Morgan fingerprint density at radius 1 is 1.65 bits per heavy atom. The lowest BCUT2D eigenvalue weighted by Crippen LogP contribution is -2.48. The van der Waals surface area contributed by atoms with E-state index in [9.17, 15) is 4.79 Å². The van der Waals surface area contributed by atoms with E-state index >= 15 is 0 Å². The summed E-state index contributed by atoms with van der Waals surface area (Å²) in [7, 11) is 3.38. The number of rotatable bonds is 4. The molecule has 3 nitrogen and oxygen atoms in total. The third-order valence-electron chi connectivity index (χ3n) is 3.55. The van der Waals surface area contributed by atoms with Crippen molar-refractivity contribution in [1.29, 1.82) is 0 Å². The number of hydrogen-bond donors (Lipinski definition) is 1. The summed E-state index contributed by atoms with van der Waals surface area (Å²) in [6, 6.07) is 2.13. The van der Waals surface area contributed by atoms with E-state index in [1.807, 2.05) is 12.4 Å². The second-order valence-corrected chi connectivity index (χ2v) is 6.25. The maximum atomic E-state index is 12.0. The molecule has 2 rings (SSSR count). The van der Waals surface area contributed by atoms with Crippen LogP contribution in [0.15, 0.2) is 15.9 Å². The smallest absolute Gasteiger partial charge is 0.313 e. The largest absolute Gasteiger partial charge is 0.469 e. The monoisotopic (exact) mass is 317 g/mol. The molecule has 1 heterocycles. The van der Waals surface area contributed by atoms with Gasteiger partial charge in [-0.15, -0.1) is 11.3 Å². The number of carbonyl (C=O) groups excluding carboxylic acids is 1. The summed E-state index contributed by atoms with van der Waals surface area (Å²) in [5.41, 5.74) is -0.367. The van der Waals surface area contributed by atoms with Crippen molar-refractivity contribution < 1.29 is 9.53 Å². The van der Waals surface area contributed by atoms with Crippen LogP contribution in [0, 0.1) is 5.41 Å². The maximum absolute atomic E-state index is 12.0. The summed E-state index contributed by atoms with van der Waals surface area (Å²) in [5, 5.41) is 5.32. The number of esters is 1. The van der Waals surface area contributed by atoms with Crippen molar-refractivity contribution in [2.75, 3.05) is 14.2 Å². The summed E-state index contributed by atoms with van der Waals surface area (Å²) >= 11 is 5.13. The van der Waals surface area contributed by atoms with E-state index in [0.29, 0.717) is 0 Å². The summed E-state index contributed by atoms with van der Waals surface area (Å²) < 4.78 is 6.05. The van der Waals surface area contributed by atoms with Crippen molar-refractivity contribution in [2.45, 2.75) is 25.3 Å². The van der Waals surface area contributed by atoms with Crippen LogP contribution in [0.25, 0.3) is 0 Å². The Labute approximate surface area is 114 Å². The molecule has 1 aromatic rings. The molecule has 0 aliphatic heterocycles. The van der Waals surface area contributed by atoms with Crippen LogP contribution in [0.4, 0.5) is 0 Å². The van der Waals surface area contributed by atoms with Gasteiger partial charge in [0.15, 0.2) is 0 Å². The summed E-state index contributed by atoms with van der Waals surface area (Å²) in [6.07, 6.45) is 2.90. The number of halogens is 1. The highest BCUT2D eigenvalue weighted by atomic mass is 79.9. The zero-order chi connectivity index (χ0) is 12.5. The Morgan fingerprint density at radius 3 is 2.71 bits per heavy atom. The third kappa shape index (κ3) is 2.16. The molecular weight excluding hydrogens is 302 g/mol. The number of hydrogen-bond acceptors (Lipinski definition) is 4. The molecular formula is C12H16BrNO2S. The quantitative estimate of drug-likeness (QED) is 0.867. The van der Waals surface area contributed by atoms with Gasteiger partial charge in [-0.25, -0.2) is 0 Å². The van der Waals surface area contributed by atoms with Crippen LogP contribution in [-0.4, -0.2) is 20.1 Å². The van der Waals surface area contributed by atoms with E-state index in [1.54, 1.807) is 11.3 Å². The first-order valence-corrected chi connectivity index (χ1v) is 7.31. The van der Waals surface area contributed by atoms with E-state index in [1.165, 1.54) is 12.0 Å². The van der Waals surface area contributed by atoms with Crippen LogP contribution < -0.4 is 5.32 Å². The van der Waals surface area contributed by atoms with Crippen molar-refractivity contribution in [2.24, 2.45) is 5.41 Å². The fraction of sp³-hybridized carbons (Fsp3) is 0.583. The van der Waals surface area contributed by atoms with Crippen LogP contribution in [0.2, 0.25) is 0 Å². The number of carbonyl (C=O) groups is 1. The lowest BCUT2D eigenvalue weighted by Gasteiger charge is -2.44. The maximum Gasteiger partial charge on any atom is 0.313 e. The van der Waals surface area contributed by atoms with Gasteiger partial charge < -0.3 is 10.1 Å². The van der Waals surface area contributed by atoms with Gasteiger partial charge in [0.25, 0.3) is 0 Å². The first-order valence-electron chi connectivity index (χ1n) is 5.63. The average molecular weight is 318 g/mol. The predicted molar refractivity (Wildman–Crippen MR) is 72.1 cm³/mol. The normalized spacial score (nSPS) is 19.5. The van der Waals surface area contributed by atoms with E-state index < -0.39 is 0 Å². The van der Waals surface area contributed by atoms with Gasteiger partial charge in [0.2, 0.25) is 0 Å². The minimum absolute atomic E-state index is 0.0556. The number of ether oxygens (including phenoxy) is 1. The summed E-state index contributed by atoms with van der Waals surface area (Å²) in [6.45, 7) is 0. The molecule has 1 N–H and O–H groups in total. The van der Waals surface area contributed by atoms with Crippen molar-refractivity contribution in [3.05, 3.63) is 20.8 Å². The molecule has 0 spiro atoms. The number of nitrogens with one attached hydrogen (secondary N) is 1. The van der Waals surface area contributed by atoms with Crippen LogP contribution in [0.3, 0.4) is 0 Å². The minimum Gasteiger partial charge on any atom is -0.469 e. The van der Waals surface area contributed by atoms with Gasteiger partial charge in [-0.1, -0.05) is 6.42 Å². The average Bonchev–Trinajstić information content (AvgIpc) is 2.68. The van der Waals surface area contributed by atoms with Gasteiger partial charge in [0, 0.05) is 14.7 Å². The van der Waals surface area contributed by atoms with Gasteiger partial charge in [-0.2, -0.15) is 0 Å². The van der Waals surface area contributed by atoms with E-state index in [0.717, 1.165) is 23.7 Å². The van der Waals surface area contributed by atoms with Gasteiger partial charge in [-0.05, 0) is 41.9 Å². The van der Waals surface area contributed by atoms with E-state index in [4.69, 9.17) is 4.74 Å². The van der Waals surface area contributed by atoms with Crippen molar-refractivity contribution in [1.82, 2.24) is 5.32 Å². The van der Waals surface area contributed by atoms with Crippen LogP contribution in [0.5, 0.6) is 0 Å². The minimum atomic E-state index is -0.367. The van der Waals surface area contributed by atoms with Crippen LogP contribution in [-0.2, 0) is 9.53 Å². The van der Waals surface area contributed by atoms with Gasteiger partial charge in [0.1, 0.15) is 0 Å². The number of thiophene rings is 1. The molecule has 1 atom stereocenters. The topological polar surface area (TPSA) is 38.3 Å². The Hall–Kier alpha value is -0.390. The lowest BCUT2D eigenvalue weighted by atomic mass is 9.63. The fourth-order valence-corrected chi connectivity index (χ4v) is 4.21. The Bertz CT molecular complexity index is 414. The second kappa shape index (κ2) is 5.08. The molecule has 1 unspecified atom stereocenters. The highest BCUT2D eigenvalue weighted by Gasteiger charge is 2.51. The molecule has 17 heavy (non-hydrogen) atoms. The zero-order valence-corrected chi connectivity index (χ0v) is 12.4. The SMILES string of the molecule is CNC(c1cc(Br)cs1)C1(C(=O)OC)CCC1. The van der Waals surface area contributed by atoms with Crippen molar-refractivity contribution in [3.8, 4) is 0 Å². The lowest BCUT2D eigenvalue weighted by molar-refractivity contribution is -0.161. The molecule has 0 amide bonds. The number of methoxy groups -OCH3 is 1. The first kappa shape index (κ1) is 13.1. The summed E-state index contributed by atoms with van der Waals surface area (Å²) in [5.74, 6) is -0.0902. The Balaban J connectivity index is 2.31. The molecule has 1 saturated carbocycles. The summed E-state index contributed by atoms with van der Waals surface area (Å²) in [4.78, 5) is 13.2. The molecule has 5 heteroatoms. The van der Waals surface area contributed by atoms with E-state index in [2.05, 4.69) is 27.3 Å². The third-order valence-corrected chi connectivity index (χ3v) is 5.31. The predicted octanol–water partition coefficient (Wildman–Crippen LogP) is 3.11. The standard InChI is InChI=1S/C12H16BrNO2S/c1-14-10(9-6-8(13)7-17-9)12(4-3-5-12)11(15)16-2/h6-7,10,14H,3-5H2,1-2H3. The second-order valence-electron chi connectivity index (χ2n) is 4.39. The highest BCUT2D eigenvalue weighted by molar-refractivity contribution is 9.10. The van der Waals surface area contributed by atoms with Gasteiger partial charge in [0.05, 0.1) is 18.6 Å². The Kier molecular flexibility index (Phi) is 3.90. The molecule has 1 aliphatic carbocycles. The molecule has 1 fully saturated rings. The Morgan fingerprint density at radius 2 is 2.35 bits per heavy atom. The van der Waals surface area contributed by atoms with Crippen molar-refractivity contribution in [3.63, 3.8) is 0 Å². The molecule has 0 radical (unpaired) electrons. The molecule has 94 valence electrons. The van der Waals surface area contributed by atoms with Crippen LogP contribution in [0.1, 0.15) is 30.2 Å². The zero-order valence-electron chi connectivity index (χ0n) is 9.96. The highest BCUT2D eigenvalue weighted by Crippen LogP contribution is 2.52. The van der Waals surface area contributed by atoms with Crippen molar-refractivity contribution >= 4 is 33.2 Å². The van der Waals surface area contributed by atoms with E-state index in [-0.39, 0.29) is 17.4 Å². The van der Waals surface area contributed by atoms with Crippen LogP contribution >= 0.6 is 27.3 Å². The molecule has 0 aromatic carbocycles. The molecule has 1 aromatic heterocycles. The van der Waals surface area contributed by atoms with Gasteiger partial charge in [-0.3, -0.25) is 4.79 Å². The molecule has 0 saturated heterocycles. The van der Waals surface area contributed by atoms with Gasteiger partial charge >= 0.3 is 5.97 Å². The first-order chi connectivity index (χ1) is 8.14. The molecule has 0 bridgehead atoms. The molecule has 1 aliphatic rings. The fourth-order valence-electron chi connectivity index (χ4n) is 2.54.